The third-order valence-corrected chi connectivity index (χ3v) is 4.69. The van der Waals surface area contributed by atoms with Gasteiger partial charge >= 0.3 is 12.2 Å². The second kappa shape index (κ2) is 7.98. The summed E-state index contributed by atoms with van der Waals surface area (Å²) in [5, 5.41) is 1.70. The van der Waals surface area contributed by atoms with Crippen LogP contribution in [0, 0.1) is 6.92 Å². The Kier molecular flexibility index (Phi) is 6.17. The number of rotatable bonds is 4. The molecular formula is C17H19F3N4OS. The number of aryl methyl sites for hydroxylation is 1. The first-order valence-corrected chi connectivity index (χ1v) is 8.55. The normalized spacial score (nSPS) is 11.3. The minimum atomic E-state index is -4.44. The van der Waals surface area contributed by atoms with Crippen molar-refractivity contribution in [3.63, 3.8) is 0 Å². The average Bonchev–Trinajstić information content (AvgIpc) is 2.57. The van der Waals surface area contributed by atoms with Gasteiger partial charge in [0.15, 0.2) is 0 Å². The van der Waals surface area contributed by atoms with E-state index in [0.717, 1.165) is 33.4 Å². The molecule has 0 aromatic heterocycles. The predicted octanol–water partition coefficient (Wildman–Crippen LogP) is 3.91. The van der Waals surface area contributed by atoms with Crippen molar-refractivity contribution in [1.29, 1.82) is 0 Å². The summed E-state index contributed by atoms with van der Waals surface area (Å²) in [6, 6.07) is 10.1. The molecule has 0 aliphatic rings. The van der Waals surface area contributed by atoms with Crippen molar-refractivity contribution in [2.24, 2.45) is 11.7 Å². The Bertz CT molecular complexity index is 796. The van der Waals surface area contributed by atoms with Gasteiger partial charge in [-0.2, -0.15) is 13.2 Å². The van der Waals surface area contributed by atoms with Crippen LogP contribution in [-0.4, -0.2) is 18.1 Å². The fourth-order valence-corrected chi connectivity index (χ4v) is 3.44. The van der Waals surface area contributed by atoms with Crippen molar-refractivity contribution in [3.8, 4) is 0 Å². The summed E-state index contributed by atoms with van der Waals surface area (Å²) in [6.45, 7) is 1.73. The summed E-state index contributed by atoms with van der Waals surface area (Å²) >= 11 is 1.03. The highest BCUT2D eigenvalue weighted by atomic mass is 32.2. The van der Waals surface area contributed by atoms with Gasteiger partial charge in [0.05, 0.1) is 11.3 Å². The van der Waals surface area contributed by atoms with E-state index in [1.807, 2.05) is 0 Å². The van der Waals surface area contributed by atoms with E-state index >= 15 is 0 Å². The molecular weight excluding hydrogens is 365 g/mol. The summed E-state index contributed by atoms with van der Waals surface area (Å²) in [6.07, 6.45) is -4.44. The number of nitrogens with two attached hydrogens (primary N) is 2. The number of benzene rings is 2. The van der Waals surface area contributed by atoms with Crippen molar-refractivity contribution in [1.82, 2.24) is 5.01 Å². The zero-order valence-corrected chi connectivity index (χ0v) is 15.1. The number of nitrogens with zero attached hydrogens (tertiary/aromatic N) is 2. The molecule has 4 N–H and O–H groups in total. The number of halogens is 3. The quantitative estimate of drug-likeness (QED) is 0.363. The molecule has 2 rings (SSSR count). The van der Waals surface area contributed by atoms with Crippen LogP contribution < -0.4 is 16.7 Å². The van der Waals surface area contributed by atoms with Crippen LogP contribution in [0.4, 0.5) is 23.7 Å². The first-order chi connectivity index (χ1) is 12.1. The van der Waals surface area contributed by atoms with E-state index in [1.165, 1.54) is 19.2 Å². The van der Waals surface area contributed by atoms with Gasteiger partial charge in [0, 0.05) is 17.7 Å². The standard InChI is InChI=1S/C17H19F3N4OS/c1-11-7-8-13(17(18,19)20)15(9-11)26-10-12-5-3-4-6-14(12)24(22)16(25)23(2)21/h3-9H,10,21-22H2,1-2H3. The Hall–Kier alpha value is -2.23. The summed E-state index contributed by atoms with van der Waals surface area (Å²) in [4.78, 5) is 12.1. The van der Waals surface area contributed by atoms with Gasteiger partial charge in [-0.25, -0.2) is 21.5 Å². The van der Waals surface area contributed by atoms with Gasteiger partial charge in [-0.05, 0) is 36.2 Å². The van der Waals surface area contributed by atoms with Crippen molar-refractivity contribution in [2.45, 2.75) is 23.7 Å². The van der Waals surface area contributed by atoms with E-state index < -0.39 is 17.8 Å². The number of urea groups is 1. The van der Waals surface area contributed by atoms with Gasteiger partial charge in [-0.15, -0.1) is 11.8 Å². The van der Waals surface area contributed by atoms with Crippen LogP contribution in [0.25, 0.3) is 0 Å². The molecule has 140 valence electrons. The van der Waals surface area contributed by atoms with Crippen LogP contribution in [0.2, 0.25) is 0 Å². The number of thioether (sulfide) groups is 1. The van der Waals surface area contributed by atoms with Gasteiger partial charge in [-0.3, -0.25) is 5.01 Å². The second-order valence-electron chi connectivity index (χ2n) is 5.68. The lowest BCUT2D eigenvalue weighted by Gasteiger charge is -2.23. The Morgan fingerprint density at radius 1 is 1.15 bits per heavy atom. The highest BCUT2D eigenvalue weighted by Gasteiger charge is 2.33. The monoisotopic (exact) mass is 384 g/mol. The first kappa shape index (κ1) is 20.1. The molecule has 2 aromatic rings. The van der Waals surface area contributed by atoms with Crippen molar-refractivity contribution >= 4 is 23.5 Å². The SMILES string of the molecule is Cc1ccc(C(F)(F)F)c(SCc2ccccc2N(N)C(=O)N(C)N)c1. The number of anilines is 1. The van der Waals surface area contributed by atoms with Gasteiger partial charge in [0.2, 0.25) is 0 Å². The van der Waals surface area contributed by atoms with E-state index in [1.54, 1.807) is 31.2 Å². The summed E-state index contributed by atoms with van der Waals surface area (Å²) in [7, 11) is 1.35. The van der Waals surface area contributed by atoms with E-state index in [9.17, 15) is 18.0 Å². The largest absolute Gasteiger partial charge is 0.417 e. The minimum Gasteiger partial charge on any atom is -0.264 e. The van der Waals surface area contributed by atoms with Crippen molar-refractivity contribution in [3.05, 3.63) is 59.2 Å². The molecule has 0 unspecified atom stereocenters. The number of hydrogen-bond acceptors (Lipinski definition) is 4. The van der Waals surface area contributed by atoms with Gasteiger partial charge in [0.25, 0.3) is 0 Å². The van der Waals surface area contributed by atoms with Crippen LogP contribution in [-0.2, 0) is 11.9 Å². The van der Waals surface area contributed by atoms with Gasteiger partial charge in [-0.1, -0.05) is 24.3 Å². The third-order valence-electron chi connectivity index (χ3n) is 3.58. The Balaban J connectivity index is 2.29. The second-order valence-corrected chi connectivity index (χ2v) is 6.70. The molecule has 26 heavy (non-hydrogen) atoms. The highest BCUT2D eigenvalue weighted by Crippen LogP contribution is 2.39. The van der Waals surface area contributed by atoms with Crippen LogP contribution in [0.15, 0.2) is 47.4 Å². The predicted molar refractivity (Wildman–Crippen MR) is 96.2 cm³/mol. The Labute approximate surface area is 153 Å². The van der Waals surface area contributed by atoms with Gasteiger partial charge < -0.3 is 0 Å². The maximum Gasteiger partial charge on any atom is 0.417 e. The first-order valence-electron chi connectivity index (χ1n) is 7.57. The van der Waals surface area contributed by atoms with Crippen LogP contribution in [0.5, 0.6) is 0 Å². The summed E-state index contributed by atoms with van der Waals surface area (Å²) < 4.78 is 39.6. The number of hydrazine groups is 2. The maximum atomic E-state index is 13.2. The highest BCUT2D eigenvalue weighted by molar-refractivity contribution is 7.98. The molecule has 0 aliphatic heterocycles. The van der Waals surface area contributed by atoms with E-state index in [-0.39, 0.29) is 10.6 Å². The van der Waals surface area contributed by atoms with Gasteiger partial charge in [0.1, 0.15) is 0 Å². The summed E-state index contributed by atoms with van der Waals surface area (Å²) in [5.41, 5.74) is 1.04. The smallest absolute Gasteiger partial charge is 0.264 e. The number of para-hydroxylation sites is 1. The third kappa shape index (κ3) is 4.69. The lowest BCUT2D eigenvalue weighted by molar-refractivity contribution is -0.139. The molecule has 2 aromatic carbocycles. The average molecular weight is 384 g/mol. The molecule has 9 heteroatoms. The molecule has 5 nitrogen and oxygen atoms in total. The fraction of sp³-hybridized carbons (Fsp3) is 0.235. The molecule has 0 fully saturated rings. The molecule has 0 radical (unpaired) electrons. The van der Waals surface area contributed by atoms with Crippen molar-refractivity contribution in [2.75, 3.05) is 12.1 Å². The van der Waals surface area contributed by atoms with E-state index in [4.69, 9.17) is 11.7 Å². The Morgan fingerprint density at radius 3 is 2.42 bits per heavy atom. The van der Waals surface area contributed by atoms with Crippen LogP contribution in [0.3, 0.4) is 0 Å². The Morgan fingerprint density at radius 2 is 1.81 bits per heavy atom. The molecule has 2 amide bonds. The summed E-state index contributed by atoms with van der Waals surface area (Å²) in [5.74, 6) is 11.4. The molecule has 0 heterocycles. The van der Waals surface area contributed by atoms with Crippen LogP contribution in [0.1, 0.15) is 16.7 Å². The van der Waals surface area contributed by atoms with Crippen LogP contribution >= 0.6 is 11.8 Å². The zero-order chi connectivity index (χ0) is 19.5. The number of alkyl halides is 3. The molecule has 0 atom stereocenters. The number of carbonyl (C=O) groups is 1. The zero-order valence-electron chi connectivity index (χ0n) is 14.2. The maximum absolute atomic E-state index is 13.2. The number of amides is 2. The molecule has 0 aliphatic carbocycles. The fourth-order valence-electron chi connectivity index (χ4n) is 2.28. The molecule has 0 saturated carbocycles. The van der Waals surface area contributed by atoms with E-state index in [2.05, 4.69) is 0 Å². The lowest BCUT2D eigenvalue weighted by atomic mass is 10.1. The molecule has 0 spiro atoms. The molecule has 0 saturated heterocycles. The molecule has 0 bridgehead atoms. The minimum absolute atomic E-state index is 0.123. The topological polar surface area (TPSA) is 75.6 Å². The number of carbonyl (C=O) groups excluding carboxylic acids is 1. The lowest BCUT2D eigenvalue weighted by Crippen LogP contribution is -2.48. The van der Waals surface area contributed by atoms with E-state index in [0.29, 0.717) is 11.3 Å². The van der Waals surface area contributed by atoms with Crippen molar-refractivity contribution < 1.29 is 18.0 Å². The number of hydrogen-bond donors (Lipinski definition) is 2.